The van der Waals surface area contributed by atoms with E-state index in [1.807, 2.05) is 11.3 Å². The smallest absolute Gasteiger partial charge is 0.0944 e. The fourth-order valence-corrected chi connectivity index (χ4v) is 3.75. The summed E-state index contributed by atoms with van der Waals surface area (Å²) in [5.41, 5.74) is 6.97. The minimum absolute atomic E-state index is 0.640. The molecule has 0 bridgehead atoms. The number of likely N-dealkylation sites (tertiary alicyclic amines) is 1. The average Bonchev–Trinajstić information content (AvgIpc) is 2.79. The summed E-state index contributed by atoms with van der Waals surface area (Å²) in [4.78, 5) is 8.58. The second kappa shape index (κ2) is 6.64. The van der Waals surface area contributed by atoms with E-state index in [1.54, 1.807) is 0 Å². The van der Waals surface area contributed by atoms with E-state index in [9.17, 15) is 0 Å². The Hall–Kier alpha value is -0.450. The van der Waals surface area contributed by atoms with Crippen LogP contribution in [-0.4, -0.2) is 29.5 Å². The lowest BCUT2D eigenvalue weighted by Gasteiger charge is -2.30. The van der Waals surface area contributed by atoms with E-state index in [1.165, 1.54) is 41.5 Å². The molecule has 2 heterocycles. The standard InChI is InChI=1S/C14H25N3S/c1-3-12-13(9-15)18-14(16-12)6-8-17-7-4-5-11(2)10-17/h11H,3-10,15H2,1-2H3. The Balaban J connectivity index is 1.87. The molecule has 1 aliphatic rings. The molecule has 2 N–H and O–H groups in total. The normalized spacial score (nSPS) is 21.4. The maximum atomic E-state index is 5.76. The van der Waals surface area contributed by atoms with Crippen LogP contribution in [0.3, 0.4) is 0 Å². The highest BCUT2D eigenvalue weighted by atomic mass is 32.1. The van der Waals surface area contributed by atoms with Crippen molar-refractivity contribution < 1.29 is 0 Å². The van der Waals surface area contributed by atoms with Gasteiger partial charge in [-0.3, -0.25) is 0 Å². The largest absolute Gasteiger partial charge is 0.326 e. The van der Waals surface area contributed by atoms with Crippen LogP contribution in [-0.2, 0) is 19.4 Å². The van der Waals surface area contributed by atoms with Gasteiger partial charge in [0.25, 0.3) is 0 Å². The topological polar surface area (TPSA) is 42.2 Å². The van der Waals surface area contributed by atoms with E-state index < -0.39 is 0 Å². The molecule has 0 saturated carbocycles. The minimum atomic E-state index is 0.640. The molecular formula is C14H25N3S. The van der Waals surface area contributed by atoms with Crippen LogP contribution in [0.1, 0.15) is 42.3 Å². The molecule has 1 unspecified atom stereocenters. The molecule has 0 aliphatic carbocycles. The average molecular weight is 267 g/mol. The Morgan fingerprint density at radius 2 is 2.33 bits per heavy atom. The Labute approximate surface area is 114 Å². The number of aromatic nitrogens is 1. The third-order valence-electron chi connectivity index (χ3n) is 3.73. The van der Waals surface area contributed by atoms with Crippen LogP contribution >= 0.6 is 11.3 Å². The van der Waals surface area contributed by atoms with Gasteiger partial charge in [0.2, 0.25) is 0 Å². The van der Waals surface area contributed by atoms with Crippen molar-refractivity contribution >= 4 is 11.3 Å². The van der Waals surface area contributed by atoms with Crippen LogP contribution in [0.5, 0.6) is 0 Å². The van der Waals surface area contributed by atoms with E-state index in [2.05, 4.69) is 18.7 Å². The quantitative estimate of drug-likeness (QED) is 0.891. The van der Waals surface area contributed by atoms with Gasteiger partial charge in [-0.15, -0.1) is 11.3 Å². The van der Waals surface area contributed by atoms with Gasteiger partial charge in [-0.05, 0) is 31.7 Å². The SMILES string of the molecule is CCc1nc(CCN2CCCC(C)C2)sc1CN. The van der Waals surface area contributed by atoms with Crippen LogP contribution in [0.15, 0.2) is 0 Å². The van der Waals surface area contributed by atoms with Gasteiger partial charge < -0.3 is 10.6 Å². The van der Waals surface area contributed by atoms with Crippen molar-refractivity contribution in [3.63, 3.8) is 0 Å². The number of nitrogens with two attached hydrogens (primary N) is 1. The number of rotatable bonds is 5. The predicted molar refractivity (Wildman–Crippen MR) is 77.9 cm³/mol. The zero-order valence-corrected chi connectivity index (χ0v) is 12.4. The Bertz CT molecular complexity index is 354. The van der Waals surface area contributed by atoms with Crippen LogP contribution in [0.25, 0.3) is 0 Å². The highest BCUT2D eigenvalue weighted by Crippen LogP contribution is 2.20. The molecule has 2 rings (SSSR count). The monoisotopic (exact) mass is 267 g/mol. The second-order valence-corrected chi connectivity index (χ2v) is 6.50. The first-order valence-corrected chi connectivity index (χ1v) is 7.94. The van der Waals surface area contributed by atoms with Crippen molar-refractivity contribution in [3.05, 3.63) is 15.6 Å². The molecule has 3 nitrogen and oxygen atoms in total. The molecule has 0 spiro atoms. The molecule has 0 radical (unpaired) electrons. The number of hydrogen-bond acceptors (Lipinski definition) is 4. The van der Waals surface area contributed by atoms with E-state index in [0.717, 1.165) is 25.3 Å². The molecule has 1 atom stereocenters. The highest BCUT2D eigenvalue weighted by Gasteiger charge is 2.16. The summed E-state index contributed by atoms with van der Waals surface area (Å²) in [6.07, 6.45) is 4.84. The summed E-state index contributed by atoms with van der Waals surface area (Å²) in [6.45, 7) is 8.84. The van der Waals surface area contributed by atoms with Gasteiger partial charge in [0.1, 0.15) is 0 Å². The number of hydrogen-bond donors (Lipinski definition) is 1. The first-order chi connectivity index (χ1) is 8.72. The molecule has 102 valence electrons. The first-order valence-electron chi connectivity index (χ1n) is 7.12. The van der Waals surface area contributed by atoms with Gasteiger partial charge in [-0.25, -0.2) is 4.98 Å². The van der Waals surface area contributed by atoms with Crippen molar-refractivity contribution in [1.82, 2.24) is 9.88 Å². The van der Waals surface area contributed by atoms with E-state index in [0.29, 0.717) is 6.54 Å². The molecular weight excluding hydrogens is 242 g/mol. The molecule has 0 amide bonds. The third-order valence-corrected chi connectivity index (χ3v) is 4.91. The summed E-state index contributed by atoms with van der Waals surface area (Å²) in [5.74, 6) is 0.862. The fourth-order valence-electron chi connectivity index (χ4n) is 2.72. The van der Waals surface area contributed by atoms with Crippen LogP contribution < -0.4 is 5.73 Å². The summed E-state index contributed by atoms with van der Waals surface area (Å²) < 4.78 is 0. The number of thiazole rings is 1. The van der Waals surface area contributed by atoms with E-state index in [4.69, 9.17) is 10.7 Å². The van der Waals surface area contributed by atoms with Crippen molar-refractivity contribution in [2.24, 2.45) is 11.7 Å². The molecule has 18 heavy (non-hydrogen) atoms. The molecule has 1 aromatic heterocycles. The summed E-state index contributed by atoms with van der Waals surface area (Å²) in [7, 11) is 0. The minimum Gasteiger partial charge on any atom is -0.326 e. The highest BCUT2D eigenvalue weighted by molar-refractivity contribution is 7.11. The van der Waals surface area contributed by atoms with Crippen molar-refractivity contribution in [2.45, 2.75) is 46.1 Å². The summed E-state index contributed by atoms with van der Waals surface area (Å²) in [6, 6.07) is 0. The molecule has 1 fully saturated rings. The van der Waals surface area contributed by atoms with Gasteiger partial charge in [0, 0.05) is 30.9 Å². The van der Waals surface area contributed by atoms with Crippen molar-refractivity contribution in [1.29, 1.82) is 0 Å². The lowest BCUT2D eigenvalue weighted by atomic mass is 10.0. The molecule has 1 saturated heterocycles. The van der Waals surface area contributed by atoms with Crippen molar-refractivity contribution in [3.8, 4) is 0 Å². The lowest BCUT2D eigenvalue weighted by molar-refractivity contribution is 0.186. The number of aryl methyl sites for hydroxylation is 1. The van der Waals surface area contributed by atoms with Gasteiger partial charge in [-0.1, -0.05) is 13.8 Å². The fraction of sp³-hybridized carbons (Fsp3) is 0.786. The third kappa shape index (κ3) is 3.53. The van der Waals surface area contributed by atoms with E-state index >= 15 is 0 Å². The maximum Gasteiger partial charge on any atom is 0.0944 e. The van der Waals surface area contributed by atoms with Gasteiger partial charge >= 0.3 is 0 Å². The van der Waals surface area contributed by atoms with Crippen LogP contribution in [0.4, 0.5) is 0 Å². The maximum absolute atomic E-state index is 5.76. The lowest BCUT2D eigenvalue weighted by Crippen LogP contribution is -2.35. The Morgan fingerprint density at radius 3 is 2.94 bits per heavy atom. The predicted octanol–water partition coefficient (Wildman–Crippen LogP) is 2.44. The first kappa shape index (κ1) is 14.0. The molecule has 1 aromatic rings. The molecule has 4 heteroatoms. The number of nitrogens with zero attached hydrogens (tertiary/aromatic N) is 2. The van der Waals surface area contributed by atoms with Crippen LogP contribution in [0, 0.1) is 5.92 Å². The second-order valence-electron chi connectivity index (χ2n) is 5.33. The number of piperidine rings is 1. The summed E-state index contributed by atoms with van der Waals surface area (Å²) in [5, 5.41) is 1.27. The van der Waals surface area contributed by atoms with Gasteiger partial charge in [0.05, 0.1) is 10.7 Å². The summed E-state index contributed by atoms with van der Waals surface area (Å²) >= 11 is 1.81. The van der Waals surface area contributed by atoms with Gasteiger partial charge in [-0.2, -0.15) is 0 Å². The Morgan fingerprint density at radius 1 is 1.50 bits per heavy atom. The molecule has 0 aromatic carbocycles. The van der Waals surface area contributed by atoms with Crippen molar-refractivity contribution in [2.75, 3.05) is 19.6 Å². The zero-order chi connectivity index (χ0) is 13.0. The Kier molecular flexibility index (Phi) is 5.15. The molecule has 1 aliphatic heterocycles. The zero-order valence-electron chi connectivity index (χ0n) is 11.6. The van der Waals surface area contributed by atoms with E-state index in [-0.39, 0.29) is 0 Å². The van der Waals surface area contributed by atoms with Gasteiger partial charge in [0.15, 0.2) is 0 Å². The van der Waals surface area contributed by atoms with Crippen LogP contribution in [0.2, 0.25) is 0 Å².